The van der Waals surface area contributed by atoms with Crippen LogP contribution in [0.2, 0.25) is 5.02 Å². The first-order valence-corrected chi connectivity index (χ1v) is 13.2. The number of hydroxylamine groups is 2. The van der Waals surface area contributed by atoms with Gasteiger partial charge >= 0.3 is 12.3 Å². The number of piperidine rings is 1. The van der Waals surface area contributed by atoms with E-state index in [-0.39, 0.29) is 49.5 Å². The Kier molecular flexibility index (Phi) is 8.64. The van der Waals surface area contributed by atoms with Gasteiger partial charge in [-0.25, -0.2) is 4.79 Å². The van der Waals surface area contributed by atoms with Crippen molar-refractivity contribution in [1.82, 2.24) is 14.9 Å². The topological polar surface area (TPSA) is 123 Å². The minimum absolute atomic E-state index is 0.0175. The number of amides is 3. The predicted molar refractivity (Wildman–Crippen MR) is 133 cm³/mol. The van der Waals surface area contributed by atoms with E-state index in [4.69, 9.17) is 16.4 Å². The summed E-state index contributed by atoms with van der Waals surface area (Å²) in [5, 5.41) is 23.1. The second-order valence-corrected chi connectivity index (χ2v) is 10.8. The van der Waals surface area contributed by atoms with Crippen molar-refractivity contribution in [2.75, 3.05) is 38.1 Å². The van der Waals surface area contributed by atoms with Gasteiger partial charge in [0.2, 0.25) is 11.8 Å². The Morgan fingerprint density at radius 1 is 1.23 bits per heavy atom. The fourth-order valence-corrected chi connectivity index (χ4v) is 5.50. The van der Waals surface area contributed by atoms with Gasteiger partial charge in [0.25, 0.3) is 0 Å². The molecule has 2 saturated heterocycles. The van der Waals surface area contributed by atoms with E-state index in [9.17, 15) is 37.8 Å². The number of benzene rings is 1. The van der Waals surface area contributed by atoms with Gasteiger partial charge in [0.15, 0.2) is 0 Å². The first kappa shape index (κ1) is 29.4. The molecule has 0 unspecified atom stereocenters. The summed E-state index contributed by atoms with van der Waals surface area (Å²) in [5.74, 6) is -0.548. The maximum Gasteiger partial charge on any atom is 0.430 e. The van der Waals surface area contributed by atoms with Crippen LogP contribution in [0.1, 0.15) is 44.6 Å². The van der Waals surface area contributed by atoms with Gasteiger partial charge in [-0.3, -0.25) is 14.9 Å². The molecule has 3 aliphatic rings. The molecule has 4 rings (SSSR count). The summed E-state index contributed by atoms with van der Waals surface area (Å²) >= 11 is 5.67. The number of alkyl halides is 3. The first-order chi connectivity index (χ1) is 18.3. The van der Waals surface area contributed by atoms with Crippen molar-refractivity contribution in [1.29, 1.82) is 0 Å². The number of aliphatic hydroxyl groups is 2. The van der Waals surface area contributed by atoms with Gasteiger partial charge in [0, 0.05) is 31.7 Å². The zero-order valence-corrected chi connectivity index (χ0v) is 22.2. The van der Waals surface area contributed by atoms with Gasteiger partial charge in [-0.15, -0.1) is 5.06 Å². The largest absolute Gasteiger partial charge is 0.430 e. The lowest BCUT2D eigenvalue weighted by Gasteiger charge is -2.41. The van der Waals surface area contributed by atoms with Gasteiger partial charge in [-0.05, 0) is 56.2 Å². The molecule has 1 aliphatic carbocycles. The number of anilines is 1. The SMILES string of the molecule is C[C@H]1C(=O)N([C@H](CO)CCC(=O)N2CCC3(CC3)[C@H](O)C2)CCN1OC(=O)Nc1ccc(C(F)(F)F)c(Cl)c1. The van der Waals surface area contributed by atoms with E-state index in [0.717, 1.165) is 42.5 Å². The lowest BCUT2D eigenvalue weighted by molar-refractivity contribution is -0.179. The molecular formula is C25H32ClF3N4O6. The molecule has 14 heteroatoms. The summed E-state index contributed by atoms with van der Waals surface area (Å²) < 4.78 is 38.6. The van der Waals surface area contributed by atoms with Gasteiger partial charge in [-0.1, -0.05) is 11.6 Å². The molecule has 1 saturated carbocycles. The van der Waals surface area contributed by atoms with E-state index in [1.54, 1.807) is 4.90 Å². The summed E-state index contributed by atoms with van der Waals surface area (Å²) in [7, 11) is 0. The summed E-state index contributed by atoms with van der Waals surface area (Å²) in [6.07, 6.45) is -3.06. The molecule has 3 amide bonds. The number of rotatable bonds is 7. The van der Waals surface area contributed by atoms with Crippen LogP contribution in [0, 0.1) is 5.41 Å². The lowest BCUT2D eigenvalue weighted by Crippen LogP contribution is -2.59. The Morgan fingerprint density at radius 3 is 2.54 bits per heavy atom. The number of carbonyl (C=O) groups is 3. The number of piperazine rings is 1. The number of carbonyl (C=O) groups excluding carboxylic acids is 3. The summed E-state index contributed by atoms with van der Waals surface area (Å²) in [5.41, 5.74) is -1.08. The van der Waals surface area contributed by atoms with Crippen molar-refractivity contribution in [3.8, 4) is 0 Å². The molecule has 1 aromatic carbocycles. The Balaban J connectivity index is 1.26. The highest BCUT2D eigenvalue weighted by atomic mass is 35.5. The molecule has 0 bridgehead atoms. The zero-order chi connectivity index (χ0) is 28.5. The van der Waals surface area contributed by atoms with Crippen LogP contribution in [0.5, 0.6) is 0 Å². The van der Waals surface area contributed by atoms with E-state index in [1.165, 1.54) is 11.8 Å². The molecule has 0 aromatic heterocycles. The third-order valence-corrected chi connectivity index (χ3v) is 8.24. The molecule has 3 atom stereocenters. The maximum atomic E-state index is 13.0. The Labute approximate surface area is 228 Å². The Hall–Kier alpha value is -2.61. The van der Waals surface area contributed by atoms with E-state index in [2.05, 4.69) is 5.32 Å². The summed E-state index contributed by atoms with van der Waals surface area (Å²) in [4.78, 5) is 46.4. The smallest absolute Gasteiger partial charge is 0.394 e. The number of halogens is 4. The van der Waals surface area contributed by atoms with E-state index < -0.39 is 47.0 Å². The standard InChI is InChI=1S/C25H32ClF3N4O6/c1-15-22(37)32(17(14-34)3-5-21(36)31-9-8-24(6-7-24)20(35)13-31)10-11-33(15)39-23(38)30-16-2-4-18(19(26)12-16)25(27,28)29/h2,4,12,15,17,20,34-35H,3,5-11,13-14H2,1H3,(H,30,38)/t15-,17-,20+/m0/s1. The number of nitrogens with zero attached hydrogens (tertiary/aromatic N) is 3. The van der Waals surface area contributed by atoms with Crippen LogP contribution < -0.4 is 5.32 Å². The molecule has 0 radical (unpaired) electrons. The second-order valence-electron chi connectivity index (χ2n) is 10.4. The van der Waals surface area contributed by atoms with Crippen LogP contribution in [0.25, 0.3) is 0 Å². The average Bonchev–Trinajstić information content (AvgIpc) is 3.65. The molecule has 3 N–H and O–H groups in total. The Bertz CT molecular complexity index is 1100. The van der Waals surface area contributed by atoms with Crippen molar-refractivity contribution in [2.24, 2.45) is 5.41 Å². The monoisotopic (exact) mass is 576 g/mol. The van der Waals surface area contributed by atoms with Gasteiger partial charge in [0.05, 0.1) is 35.9 Å². The van der Waals surface area contributed by atoms with Crippen LogP contribution >= 0.6 is 11.6 Å². The lowest BCUT2D eigenvalue weighted by atomic mass is 9.90. The first-order valence-electron chi connectivity index (χ1n) is 12.8. The summed E-state index contributed by atoms with van der Waals surface area (Å²) in [6, 6.07) is 1.19. The van der Waals surface area contributed by atoms with Crippen molar-refractivity contribution >= 4 is 35.2 Å². The van der Waals surface area contributed by atoms with E-state index >= 15 is 0 Å². The van der Waals surface area contributed by atoms with Crippen LogP contribution in [0.15, 0.2) is 18.2 Å². The van der Waals surface area contributed by atoms with Crippen LogP contribution in [-0.2, 0) is 20.6 Å². The fourth-order valence-electron chi connectivity index (χ4n) is 5.21. The predicted octanol–water partition coefficient (Wildman–Crippen LogP) is 2.87. The zero-order valence-electron chi connectivity index (χ0n) is 21.4. The Morgan fingerprint density at radius 2 is 1.95 bits per heavy atom. The van der Waals surface area contributed by atoms with Gasteiger partial charge in [0.1, 0.15) is 6.04 Å². The molecular weight excluding hydrogens is 545 g/mol. The number of nitrogens with one attached hydrogen (secondary N) is 1. The quantitative estimate of drug-likeness (QED) is 0.456. The molecule has 1 spiro atoms. The highest BCUT2D eigenvalue weighted by molar-refractivity contribution is 6.31. The number of hydrogen-bond donors (Lipinski definition) is 3. The molecule has 10 nitrogen and oxygen atoms in total. The second kappa shape index (κ2) is 11.5. The number of β-amino-alcohol motifs (C(OH)–C–C–N with tert-alkyl or cyclic N) is 1. The van der Waals surface area contributed by atoms with Crippen LogP contribution in [-0.4, -0.2) is 94.0 Å². The minimum Gasteiger partial charge on any atom is -0.394 e. The maximum absolute atomic E-state index is 13.0. The molecule has 3 fully saturated rings. The molecule has 39 heavy (non-hydrogen) atoms. The molecule has 1 aromatic rings. The third-order valence-electron chi connectivity index (χ3n) is 7.92. The highest BCUT2D eigenvalue weighted by Gasteiger charge is 2.51. The van der Waals surface area contributed by atoms with Crippen molar-refractivity contribution in [3.63, 3.8) is 0 Å². The van der Waals surface area contributed by atoms with E-state index in [1.807, 2.05) is 0 Å². The number of hydrogen-bond acceptors (Lipinski definition) is 7. The fraction of sp³-hybridized carbons (Fsp3) is 0.640. The molecule has 2 aliphatic heterocycles. The van der Waals surface area contributed by atoms with Crippen molar-refractivity contribution in [2.45, 2.75) is 63.4 Å². The van der Waals surface area contributed by atoms with Crippen molar-refractivity contribution < 1.29 is 42.6 Å². The van der Waals surface area contributed by atoms with Crippen LogP contribution in [0.4, 0.5) is 23.7 Å². The third kappa shape index (κ3) is 6.59. The summed E-state index contributed by atoms with van der Waals surface area (Å²) in [6.45, 7) is 2.28. The van der Waals surface area contributed by atoms with Crippen LogP contribution in [0.3, 0.4) is 0 Å². The highest BCUT2D eigenvalue weighted by Crippen LogP contribution is 2.53. The normalized spacial score (nSPS) is 24.0. The van der Waals surface area contributed by atoms with Gasteiger partial charge in [-0.2, -0.15) is 13.2 Å². The van der Waals surface area contributed by atoms with E-state index in [0.29, 0.717) is 13.1 Å². The molecule has 216 valence electrons. The van der Waals surface area contributed by atoms with Gasteiger partial charge < -0.3 is 24.9 Å². The van der Waals surface area contributed by atoms with Crippen molar-refractivity contribution in [3.05, 3.63) is 28.8 Å². The number of likely N-dealkylation sites (tertiary alicyclic amines) is 1. The molecule has 2 heterocycles. The minimum atomic E-state index is -4.64. The average molecular weight is 577 g/mol. The number of aliphatic hydroxyl groups excluding tert-OH is 2.